The molecule has 0 bridgehead atoms. The molecule has 0 unspecified atom stereocenters. The predicted molar refractivity (Wildman–Crippen MR) is 93.8 cm³/mol. The van der Waals surface area contributed by atoms with Crippen LogP contribution in [0.5, 0.6) is 5.75 Å². The van der Waals surface area contributed by atoms with Crippen molar-refractivity contribution in [3.8, 4) is 5.75 Å². The van der Waals surface area contributed by atoms with Crippen molar-refractivity contribution in [1.82, 2.24) is 10.9 Å². The molecule has 0 aliphatic rings. The Morgan fingerprint density at radius 3 is 2.58 bits per heavy atom. The number of hydrazine groups is 1. The number of benzene rings is 2. The lowest BCUT2D eigenvalue weighted by Gasteiger charge is -2.09. The summed E-state index contributed by atoms with van der Waals surface area (Å²) >= 11 is 5.88. The third kappa shape index (κ3) is 4.60. The SMILES string of the molecule is COc1ccc(Cl)cc1C(=O)NNC(=O)/C=C/c1ccccc1C. The molecule has 2 rings (SSSR count). The van der Waals surface area contributed by atoms with Crippen molar-refractivity contribution in [2.75, 3.05) is 7.11 Å². The second-order valence-electron chi connectivity index (χ2n) is 4.98. The van der Waals surface area contributed by atoms with Gasteiger partial charge < -0.3 is 4.74 Å². The summed E-state index contributed by atoms with van der Waals surface area (Å²) in [5.41, 5.74) is 6.85. The van der Waals surface area contributed by atoms with Crippen LogP contribution in [-0.2, 0) is 4.79 Å². The number of carbonyl (C=O) groups is 2. The van der Waals surface area contributed by atoms with Gasteiger partial charge in [0.15, 0.2) is 0 Å². The number of halogens is 1. The third-order valence-corrected chi connectivity index (χ3v) is 3.54. The molecular weight excluding hydrogens is 328 g/mol. The molecule has 2 aromatic carbocycles. The van der Waals surface area contributed by atoms with Gasteiger partial charge in [-0.05, 0) is 42.3 Å². The Labute approximate surface area is 145 Å². The minimum atomic E-state index is -0.521. The third-order valence-electron chi connectivity index (χ3n) is 3.31. The Morgan fingerprint density at radius 1 is 1.12 bits per heavy atom. The number of aryl methyl sites for hydroxylation is 1. The van der Waals surface area contributed by atoms with Crippen LogP contribution in [0.3, 0.4) is 0 Å². The second kappa shape index (κ2) is 8.17. The van der Waals surface area contributed by atoms with Gasteiger partial charge in [0.05, 0.1) is 12.7 Å². The maximum atomic E-state index is 12.1. The molecule has 2 N–H and O–H groups in total. The number of amides is 2. The van der Waals surface area contributed by atoms with Crippen LogP contribution >= 0.6 is 11.6 Å². The van der Waals surface area contributed by atoms with Crippen molar-refractivity contribution >= 4 is 29.5 Å². The fraction of sp³-hybridized carbons (Fsp3) is 0.111. The molecule has 5 nitrogen and oxygen atoms in total. The minimum absolute atomic E-state index is 0.230. The molecule has 0 aliphatic heterocycles. The molecule has 6 heteroatoms. The van der Waals surface area contributed by atoms with E-state index < -0.39 is 11.8 Å². The van der Waals surface area contributed by atoms with Gasteiger partial charge >= 0.3 is 0 Å². The van der Waals surface area contributed by atoms with Crippen LogP contribution < -0.4 is 15.6 Å². The van der Waals surface area contributed by atoms with Gasteiger partial charge in [-0.3, -0.25) is 20.4 Å². The van der Waals surface area contributed by atoms with Crippen LogP contribution in [0.2, 0.25) is 5.02 Å². The van der Waals surface area contributed by atoms with Crippen molar-refractivity contribution in [1.29, 1.82) is 0 Å². The zero-order valence-electron chi connectivity index (χ0n) is 13.3. The minimum Gasteiger partial charge on any atom is -0.496 e. The van der Waals surface area contributed by atoms with E-state index in [0.717, 1.165) is 11.1 Å². The summed E-state index contributed by atoms with van der Waals surface area (Å²) in [7, 11) is 1.45. The van der Waals surface area contributed by atoms with E-state index in [0.29, 0.717) is 10.8 Å². The molecule has 0 aromatic heterocycles. The first-order valence-electron chi connectivity index (χ1n) is 7.19. The first-order chi connectivity index (χ1) is 11.5. The molecule has 124 valence electrons. The lowest BCUT2D eigenvalue weighted by molar-refractivity contribution is -0.117. The summed E-state index contributed by atoms with van der Waals surface area (Å²) < 4.78 is 5.10. The van der Waals surface area contributed by atoms with Crippen molar-refractivity contribution in [3.05, 3.63) is 70.3 Å². The fourth-order valence-corrected chi connectivity index (χ4v) is 2.20. The van der Waals surface area contributed by atoms with E-state index in [1.807, 2.05) is 31.2 Å². The molecular formula is C18H17ClN2O3. The number of nitrogens with one attached hydrogen (secondary N) is 2. The van der Waals surface area contributed by atoms with Crippen LogP contribution in [0.15, 0.2) is 48.5 Å². The first-order valence-corrected chi connectivity index (χ1v) is 7.56. The number of ether oxygens (including phenoxy) is 1. The van der Waals surface area contributed by atoms with E-state index >= 15 is 0 Å². The van der Waals surface area contributed by atoms with Gasteiger partial charge in [-0.25, -0.2) is 0 Å². The van der Waals surface area contributed by atoms with Crippen LogP contribution in [0.1, 0.15) is 21.5 Å². The summed E-state index contributed by atoms with van der Waals surface area (Å²) in [6, 6.07) is 12.3. The predicted octanol–water partition coefficient (Wildman–Crippen LogP) is 3.13. The molecule has 0 radical (unpaired) electrons. The highest BCUT2D eigenvalue weighted by Crippen LogP contribution is 2.22. The topological polar surface area (TPSA) is 67.4 Å². The lowest BCUT2D eigenvalue weighted by atomic mass is 10.1. The van der Waals surface area contributed by atoms with E-state index in [-0.39, 0.29) is 5.56 Å². The molecule has 0 saturated heterocycles. The summed E-state index contributed by atoms with van der Waals surface area (Å²) in [6.45, 7) is 1.95. The Hall–Kier alpha value is -2.79. The highest BCUT2D eigenvalue weighted by Gasteiger charge is 2.13. The van der Waals surface area contributed by atoms with Gasteiger partial charge in [-0.15, -0.1) is 0 Å². The Balaban J connectivity index is 1.98. The molecule has 0 saturated carbocycles. The van der Waals surface area contributed by atoms with Crippen LogP contribution in [-0.4, -0.2) is 18.9 Å². The van der Waals surface area contributed by atoms with Crippen LogP contribution in [0, 0.1) is 6.92 Å². The molecule has 2 amide bonds. The lowest BCUT2D eigenvalue weighted by Crippen LogP contribution is -2.40. The maximum Gasteiger partial charge on any atom is 0.273 e. The zero-order valence-corrected chi connectivity index (χ0v) is 14.1. The second-order valence-corrected chi connectivity index (χ2v) is 5.41. The number of methoxy groups -OCH3 is 1. The monoisotopic (exact) mass is 344 g/mol. The largest absolute Gasteiger partial charge is 0.496 e. The van der Waals surface area contributed by atoms with Crippen molar-refractivity contribution in [2.45, 2.75) is 6.92 Å². The van der Waals surface area contributed by atoms with Gasteiger partial charge in [-0.1, -0.05) is 35.9 Å². The highest BCUT2D eigenvalue weighted by atomic mass is 35.5. The van der Waals surface area contributed by atoms with Crippen LogP contribution in [0.4, 0.5) is 0 Å². The smallest absolute Gasteiger partial charge is 0.273 e. The fourth-order valence-electron chi connectivity index (χ4n) is 2.02. The molecule has 2 aromatic rings. The number of rotatable bonds is 4. The molecule has 0 spiro atoms. The first kappa shape index (κ1) is 17.6. The van der Waals surface area contributed by atoms with Crippen molar-refractivity contribution < 1.29 is 14.3 Å². The molecule has 24 heavy (non-hydrogen) atoms. The molecule has 0 heterocycles. The van der Waals surface area contributed by atoms with Gasteiger partial charge in [0.1, 0.15) is 5.75 Å². The van der Waals surface area contributed by atoms with E-state index in [4.69, 9.17) is 16.3 Å². The van der Waals surface area contributed by atoms with Gasteiger partial charge in [0, 0.05) is 11.1 Å². The van der Waals surface area contributed by atoms with Crippen LogP contribution in [0.25, 0.3) is 6.08 Å². The Morgan fingerprint density at radius 2 is 1.88 bits per heavy atom. The average molecular weight is 345 g/mol. The normalized spacial score (nSPS) is 10.5. The van der Waals surface area contributed by atoms with Gasteiger partial charge in [0.25, 0.3) is 11.8 Å². The van der Waals surface area contributed by atoms with Crippen molar-refractivity contribution in [3.63, 3.8) is 0 Å². The summed E-state index contributed by atoms with van der Waals surface area (Å²) in [5, 5.41) is 0.395. The standard InChI is InChI=1S/C18H17ClN2O3/c1-12-5-3-4-6-13(12)7-10-17(22)20-21-18(23)15-11-14(19)8-9-16(15)24-2/h3-11H,1-2H3,(H,20,22)(H,21,23)/b10-7+. The summed E-state index contributed by atoms with van der Waals surface area (Å²) in [6.07, 6.45) is 3.02. The number of carbonyl (C=O) groups excluding carboxylic acids is 2. The van der Waals surface area contributed by atoms with E-state index in [1.165, 1.54) is 19.3 Å². The zero-order chi connectivity index (χ0) is 17.5. The summed E-state index contributed by atoms with van der Waals surface area (Å²) in [5.74, 6) is -0.610. The maximum absolute atomic E-state index is 12.1. The molecule has 0 atom stereocenters. The van der Waals surface area contributed by atoms with E-state index in [2.05, 4.69) is 10.9 Å². The molecule has 0 fully saturated rings. The Kier molecular flexibility index (Phi) is 5.98. The number of hydrogen-bond donors (Lipinski definition) is 2. The van der Waals surface area contributed by atoms with Gasteiger partial charge in [0.2, 0.25) is 0 Å². The average Bonchev–Trinajstić information content (AvgIpc) is 2.59. The summed E-state index contributed by atoms with van der Waals surface area (Å²) in [4.78, 5) is 23.9. The quantitative estimate of drug-likeness (QED) is 0.661. The van der Waals surface area contributed by atoms with E-state index in [9.17, 15) is 9.59 Å². The van der Waals surface area contributed by atoms with Gasteiger partial charge in [-0.2, -0.15) is 0 Å². The highest BCUT2D eigenvalue weighted by molar-refractivity contribution is 6.31. The Bertz CT molecular complexity index is 788. The van der Waals surface area contributed by atoms with E-state index in [1.54, 1.807) is 18.2 Å². The molecule has 0 aliphatic carbocycles. The van der Waals surface area contributed by atoms with Crippen molar-refractivity contribution in [2.24, 2.45) is 0 Å². The number of hydrogen-bond acceptors (Lipinski definition) is 3.